The minimum Gasteiger partial charge on any atom is -0.499 e. The maximum absolute atomic E-state index is 14.1. The maximum atomic E-state index is 14.1. The summed E-state index contributed by atoms with van der Waals surface area (Å²) in [4.78, 5) is 41.8. The van der Waals surface area contributed by atoms with Gasteiger partial charge in [-0.2, -0.15) is 0 Å². The minimum atomic E-state index is -4.09. The molecule has 4 aromatic rings. The Bertz CT molecular complexity index is 1850. The standard InChI is InChI=1S/C36H34N2O8S2/c1-24-19-21-29(22-20-24)48(42,43)47-35-31(37-30(39)23-45-28-17-11-6-12-18-28)34(40)38(35)32(25(2)44-3)36(41)46-33(26-13-7-4-8-14-26)27-15-9-5-10-16-27/h4-22,31,33,35H,23H2,1-3H3,(H,37,39). The largest absolute Gasteiger partial charge is 0.499 e. The van der Waals surface area contributed by atoms with Crippen LogP contribution in [-0.4, -0.2) is 56.2 Å². The fourth-order valence-corrected chi connectivity index (χ4v) is 8.43. The lowest BCUT2D eigenvalue weighted by atomic mass is 10.0. The molecule has 0 spiro atoms. The quantitative estimate of drug-likeness (QED) is 0.0650. The smallest absolute Gasteiger partial charge is 0.359 e. The van der Waals surface area contributed by atoms with Gasteiger partial charge in [0, 0.05) is 10.8 Å². The summed E-state index contributed by atoms with van der Waals surface area (Å²) in [6.45, 7) is 2.88. The van der Waals surface area contributed by atoms with Crippen LogP contribution in [0.25, 0.3) is 0 Å². The Morgan fingerprint density at radius 2 is 1.40 bits per heavy atom. The molecular formula is C36H34N2O8S2. The molecule has 0 radical (unpaired) electrons. The topological polar surface area (TPSA) is 128 Å². The summed E-state index contributed by atoms with van der Waals surface area (Å²) in [5.41, 5.74) is 1.93. The average molecular weight is 687 g/mol. The summed E-state index contributed by atoms with van der Waals surface area (Å²) in [6.07, 6.45) is -0.857. The van der Waals surface area contributed by atoms with Crippen LogP contribution in [0.4, 0.5) is 0 Å². The average Bonchev–Trinajstić information content (AvgIpc) is 3.11. The van der Waals surface area contributed by atoms with Crippen molar-refractivity contribution in [1.82, 2.24) is 10.2 Å². The number of likely N-dealkylation sites (tertiary alicyclic amines) is 1. The second-order valence-electron chi connectivity index (χ2n) is 10.8. The molecule has 0 saturated carbocycles. The summed E-state index contributed by atoms with van der Waals surface area (Å²) >= 11 is 0. The van der Waals surface area contributed by atoms with Gasteiger partial charge in [-0.1, -0.05) is 96.6 Å². The van der Waals surface area contributed by atoms with Crippen LogP contribution in [0.15, 0.2) is 132 Å². The number of allylic oxidation sites excluding steroid dienone is 1. The number of carbonyl (C=O) groups excluding carboxylic acids is 3. The van der Waals surface area contributed by atoms with Crippen LogP contribution in [0, 0.1) is 6.92 Å². The summed E-state index contributed by atoms with van der Waals surface area (Å²) in [5, 5.41) is 1.33. The molecule has 0 aromatic heterocycles. The third-order valence-electron chi connectivity index (χ3n) is 7.51. The Morgan fingerprint density at radius 1 is 0.854 bits per heavy atom. The van der Waals surface area contributed by atoms with E-state index >= 15 is 0 Å². The summed E-state index contributed by atoms with van der Waals surface area (Å²) in [7, 11) is -2.34. The van der Waals surface area contributed by atoms with E-state index in [0.29, 0.717) is 27.7 Å². The molecule has 4 aromatic carbocycles. The highest BCUT2D eigenvalue weighted by Crippen LogP contribution is 2.41. The highest BCUT2D eigenvalue weighted by molar-refractivity contribution is 8.72. The molecule has 0 bridgehead atoms. The Labute approximate surface area is 283 Å². The summed E-state index contributed by atoms with van der Waals surface area (Å²) < 4.78 is 44.3. The molecule has 1 heterocycles. The van der Waals surface area contributed by atoms with E-state index in [1.165, 1.54) is 26.2 Å². The number of esters is 1. The number of nitrogens with one attached hydrogen (secondary N) is 1. The van der Waals surface area contributed by atoms with Crippen LogP contribution in [0.2, 0.25) is 0 Å². The molecule has 12 heteroatoms. The van der Waals surface area contributed by atoms with Gasteiger partial charge >= 0.3 is 5.97 Å². The second-order valence-corrected chi connectivity index (χ2v) is 14.8. The van der Waals surface area contributed by atoms with Crippen molar-refractivity contribution < 1.29 is 37.0 Å². The van der Waals surface area contributed by atoms with Gasteiger partial charge in [0.05, 0.1) is 12.0 Å². The fourth-order valence-electron chi connectivity index (χ4n) is 4.96. The van der Waals surface area contributed by atoms with Crippen LogP contribution in [-0.2, 0) is 32.7 Å². The lowest BCUT2D eigenvalue weighted by molar-refractivity contribution is -0.155. The molecule has 5 rings (SSSR count). The lowest BCUT2D eigenvalue weighted by Gasteiger charge is -2.46. The first-order valence-corrected chi connectivity index (χ1v) is 17.8. The third kappa shape index (κ3) is 7.89. The molecule has 248 valence electrons. The second kappa shape index (κ2) is 15.2. The predicted molar refractivity (Wildman–Crippen MR) is 181 cm³/mol. The number of hydrogen-bond donors (Lipinski definition) is 1. The normalized spacial score (nSPS) is 16.4. The molecular weight excluding hydrogens is 653 g/mol. The summed E-state index contributed by atoms with van der Waals surface area (Å²) in [6, 6.07) is 31.7. The molecule has 1 aliphatic rings. The summed E-state index contributed by atoms with van der Waals surface area (Å²) in [5.74, 6) is -1.84. The van der Waals surface area contributed by atoms with Crippen molar-refractivity contribution in [1.29, 1.82) is 0 Å². The van der Waals surface area contributed by atoms with E-state index in [1.54, 1.807) is 42.5 Å². The van der Waals surface area contributed by atoms with Crippen LogP contribution in [0.1, 0.15) is 29.7 Å². The third-order valence-corrected chi connectivity index (χ3v) is 11.2. The first-order chi connectivity index (χ1) is 23.1. The molecule has 1 N–H and O–H groups in total. The number of rotatable bonds is 13. The van der Waals surface area contributed by atoms with Crippen molar-refractivity contribution in [3.63, 3.8) is 0 Å². The molecule has 1 aliphatic heterocycles. The maximum Gasteiger partial charge on any atom is 0.359 e. The van der Waals surface area contributed by atoms with Gasteiger partial charge in [0.1, 0.15) is 22.9 Å². The van der Waals surface area contributed by atoms with Crippen LogP contribution >= 0.6 is 10.8 Å². The van der Waals surface area contributed by atoms with Gasteiger partial charge in [-0.25, -0.2) is 13.2 Å². The number of para-hydroxylation sites is 1. The molecule has 1 fully saturated rings. The van der Waals surface area contributed by atoms with Crippen molar-refractivity contribution in [2.24, 2.45) is 0 Å². The Kier molecular flexibility index (Phi) is 10.9. The first-order valence-electron chi connectivity index (χ1n) is 14.9. The minimum absolute atomic E-state index is 0.000301. The fraction of sp³-hybridized carbons (Fsp3) is 0.194. The van der Waals surface area contributed by atoms with Crippen LogP contribution in [0.5, 0.6) is 5.75 Å². The van der Waals surface area contributed by atoms with Gasteiger partial charge in [-0.3, -0.25) is 14.5 Å². The number of ether oxygens (including phenoxy) is 3. The Hall–Kier alpha value is -5.07. The molecule has 2 unspecified atom stereocenters. The van der Waals surface area contributed by atoms with Crippen molar-refractivity contribution in [2.45, 2.75) is 36.3 Å². The van der Waals surface area contributed by atoms with Crippen molar-refractivity contribution >= 4 is 37.4 Å². The van der Waals surface area contributed by atoms with Gasteiger partial charge in [0.2, 0.25) is 8.87 Å². The highest BCUT2D eigenvalue weighted by atomic mass is 33.1. The monoisotopic (exact) mass is 686 g/mol. The van der Waals surface area contributed by atoms with E-state index in [1.807, 2.05) is 67.6 Å². The number of hydrogen-bond acceptors (Lipinski definition) is 9. The van der Waals surface area contributed by atoms with Crippen LogP contribution in [0.3, 0.4) is 0 Å². The number of carbonyl (C=O) groups is 3. The van der Waals surface area contributed by atoms with Gasteiger partial charge in [0.25, 0.3) is 11.8 Å². The number of β-lactam (4-membered cyclic amide) rings is 1. The van der Waals surface area contributed by atoms with E-state index < -0.39 is 50.8 Å². The number of amides is 2. The first kappa shape index (κ1) is 34.3. The van der Waals surface area contributed by atoms with E-state index in [2.05, 4.69) is 5.32 Å². The number of methoxy groups -OCH3 is 1. The van der Waals surface area contributed by atoms with Crippen LogP contribution < -0.4 is 10.1 Å². The van der Waals surface area contributed by atoms with Crippen molar-refractivity contribution in [2.75, 3.05) is 13.7 Å². The van der Waals surface area contributed by atoms with Crippen molar-refractivity contribution in [3.8, 4) is 5.75 Å². The predicted octanol–water partition coefficient (Wildman–Crippen LogP) is 5.36. The number of nitrogens with zero attached hydrogens (tertiary/aromatic N) is 1. The van der Waals surface area contributed by atoms with E-state index in [4.69, 9.17) is 14.2 Å². The van der Waals surface area contributed by atoms with E-state index in [-0.39, 0.29) is 16.4 Å². The zero-order valence-corrected chi connectivity index (χ0v) is 28.1. The van der Waals surface area contributed by atoms with E-state index in [9.17, 15) is 22.8 Å². The highest BCUT2D eigenvalue weighted by Gasteiger charge is 2.55. The molecule has 48 heavy (non-hydrogen) atoms. The Morgan fingerprint density at radius 3 is 1.94 bits per heavy atom. The molecule has 2 amide bonds. The molecule has 0 aliphatic carbocycles. The van der Waals surface area contributed by atoms with Gasteiger partial charge < -0.3 is 19.5 Å². The van der Waals surface area contributed by atoms with E-state index in [0.717, 1.165) is 10.5 Å². The SMILES string of the molecule is COC(C)=C(C(=O)OC(c1ccccc1)c1ccccc1)N1C(=O)C(NC(=O)COc2ccccc2)C1SS(=O)(=O)c1ccc(C)cc1. The van der Waals surface area contributed by atoms with Crippen molar-refractivity contribution in [3.05, 3.63) is 143 Å². The van der Waals surface area contributed by atoms with Gasteiger partial charge in [0.15, 0.2) is 18.4 Å². The number of benzene rings is 4. The Balaban J connectivity index is 1.46. The molecule has 1 saturated heterocycles. The van der Waals surface area contributed by atoms with Gasteiger partial charge in [-0.15, -0.1) is 0 Å². The zero-order chi connectivity index (χ0) is 34.3. The molecule has 10 nitrogen and oxygen atoms in total. The zero-order valence-electron chi connectivity index (χ0n) is 26.4. The number of aryl methyl sites for hydroxylation is 1. The van der Waals surface area contributed by atoms with Gasteiger partial charge in [-0.05, 0) is 49.2 Å². The molecule has 2 atom stereocenters. The lowest BCUT2D eigenvalue weighted by Crippen LogP contribution is -2.70.